The molecule has 0 aromatic rings. The lowest BCUT2D eigenvalue weighted by atomic mass is 9.83. The Bertz CT molecular complexity index is 287. The molecule has 1 amide bonds. The highest BCUT2D eigenvalue weighted by molar-refractivity contribution is 7.80. The predicted octanol–water partition coefficient (Wildman–Crippen LogP) is 1.91. The number of hydrogen-bond acceptors (Lipinski definition) is 3. The highest BCUT2D eigenvalue weighted by Gasteiger charge is 2.34. The average molecular weight is 272 g/mol. The zero-order chi connectivity index (χ0) is 13.4. The first-order valence-corrected chi connectivity index (χ1v) is 7.11. The number of nitrogens with one attached hydrogen (secondary N) is 1. The van der Waals surface area contributed by atoms with Crippen molar-refractivity contribution in [3.05, 3.63) is 0 Å². The van der Waals surface area contributed by atoms with Gasteiger partial charge in [-0.3, -0.25) is 4.79 Å². The SMILES string of the molecule is COCCC(=O)NC1(C(N)=S)CCCCCCC1. The molecule has 0 aromatic carbocycles. The normalized spacial score (nSPS) is 19.6. The largest absolute Gasteiger partial charge is 0.391 e. The first-order valence-electron chi connectivity index (χ1n) is 6.70. The monoisotopic (exact) mass is 272 g/mol. The van der Waals surface area contributed by atoms with E-state index in [0.717, 1.165) is 25.7 Å². The van der Waals surface area contributed by atoms with Crippen LogP contribution in [-0.2, 0) is 9.53 Å². The smallest absolute Gasteiger partial charge is 0.223 e. The van der Waals surface area contributed by atoms with E-state index >= 15 is 0 Å². The minimum atomic E-state index is -0.472. The van der Waals surface area contributed by atoms with Gasteiger partial charge in [0, 0.05) is 13.5 Å². The molecule has 104 valence electrons. The van der Waals surface area contributed by atoms with Crippen molar-refractivity contribution in [1.29, 1.82) is 0 Å². The number of methoxy groups -OCH3 is 1. The summed E-state index contributed by atoms with van der Waals surface area (Å²) in [5.41, 5.74) is 5.41. The highest BCUT2D eigenvalue weighted by Crippen LogP contribution is 2.27. The van der Waals surface area contributed by atoms with Gasteiger partial charge in [0.2, 0.25) is 5.91 Å². The Kier molecular flexibility index (Phi) is 6.57. The molecule has 18 heavy (non-hydrogen) atoms. The van der Waals surface area contributed by atoms with Crippen molar-refractivity contribution in [2.24, 2.45) is 5.73 Å². The maximum absolute atomic E-state index is 11.9. The molecule has 1 aliphatic rings. The summed E-state index contributed by atoms with van der Waals surface area (Å²) in [7, 11) is 1.59. The van der Waals surface area contributed by atoms with Gasteiger partial charge in [0.25, 0.3) is 0 Å². The van der Waals surface area contributed by atoms with Crippen LogP contribution in [0, 0.1) is 0 Å². The highest BCUT2D eigenvalue weighted by atomic mass is 32.1. The molecular weight excluding hydrogens is 248 g/mol. The van der Waals surface area contributed by atoms with Crippen LogP contribution in [0.25, 0.3) is 0 Å². The van der Waals surface area contributed by atoms with E-state index in [-0.39, 0.29) is 5.91 Å². The summed E-state index contributed by atoms with van der Waals surface area (Å²) < 4.78 is 4.91. The topological polar surface area (TPSA) is 64.3 Å². The summed E-state index contributed by atoms with van der Waals surface area (Å²) in [5.74, 6) is -0.0229. The molecule has 3 N–H and O–H groups in total. The second kappa shape index (κ2) is 7.69. The zero-order valence-corrected chi connectivity index (χ0v) is 12.0. The van der Waals surface area contributed by atoms with Crippen molar-refractivity contribution in [2.75, 3.05) is 13.7 Å². The lowest BCUT2D eigenvalue weighted by Crippen LogP contribution is -2.57. The van der Waals surface area contributed by atoms with Crippen molar-refractivity contribution >= 4 is 23.1 Å². The van der Waals surface area contributed by atoms with Gasteiger partial charge in [-0.1, -0.05) is 44.3 Å². The summed E-state index contributed by atoms with van der Waals surface area (Å²) >= 11 is 5.19. The van der Waals surface area contributed by atoms with Crippen LogP contribution in [0.3, 0.4) is 0 Å². The van der Waals surface area contributed by atoms with Crippen molar-refractivity contribution in [3.8, 4) is 0 Å². The van der Waals surface area contributed by atoms with E-state index < -0.39 is 5.54 Å². The summed E-state index contributed by atoms with van der Waals surface area (Å²) in [6.45, 7) is 0.430. The summed E-state index contributed by atoms with van der Waals surface area (Å²) in [6.07, 6.45) is 7.88. The molecule has 0 bridgehead atoms. The molecule has 4 nitrogen and oxygen atoms in total. The Morgan fingerprint density at radius 3 is 2.33 bits per heavy atom. The van der Waals surface area contributed by atoms with Gasteiger partial charge < -0.3 is 15.8 Å². The van der Waals surface area contributed by atoms with Crippen LogP contribution in [0.15, 0.2) is 0 Å². The number of carbonyl (C=O) groups excluding carboxylic acids is 1. The number of rotatable bonds is 5. The van der Waals surface area contributed by atoms with Crippen LogP contribution in [0.4, 0.5) is 0 Å². The molecule has 0 unspecified atom stereocenters. The molecule has 1 saturated carbocycles. The summed E-state index contributed by atoms with van der Waals surface area (Å²) in [5, 5.41) is 3.05. The van der Waals surface area contributed by atoms with E-state index in [2.05, 4.69) is 5.32 Å². The van der Waals surface area contributed by atoms with Gasteiger partial charge in [-0.15, -0.1) is 0 Å². The molecule has 0 aromatic heterocycles. The van der Waals surface area contributed by atoms with Gasteiger partial charge >= 0.3 is 0 Å². The maximum atomic E-state index is 11.9. The van der Waals surface area contributed by atoms with E-state index in [1.807, 2.05) is 0 Å². The summed E-state index contributed by atoms with van der Waals surface area (Å²) in [4.78, 5) is 12.3. The molecule has 0 atom stereocenters. The molecule has 1 aliphatic carbocycles. The molecular formula is C13H24N2O2S. The van der Waals surface area contributed by atoms with Crippen LogP contribution in [0.2, 0.25) is 0 Å². The molecule has 0 spiro atoms. The predicted molar refractivity (Wildman–Crippen MR) is 76.5 cm³/mol. The van der Waals surface area contributed by atoms with E-state index in [1.54, 1.807) is 7.11 Å². The third kappa shape index (κ3) is 4.53. The fraction of sp³-hybridized carbons (Fsp3) is 0.846. The fourth-order valence-electron chi connectivity index (χ4n) is 2.47. The number of carbonyl (C=O) groups is 1. The standard InChI is InChI=1S/C13H24N2O2S/c1-17-10-7-11(16)15-13(12(14)18)8-5-3-2-4-6-9-13/h2-10H2,1H3,(H2,14,18)(H,15,16). The van der Waals surface area contributed by atoms with Crippen molar-refractivity contribution in [1.82, 2.24) is 5.32 Å². The van der Waals surface area contributed by atoms with Crippen LogP contribution >= 0.6 is 12.2 Å². The van der Waals surface area contributed by atoms with Crippen molar-refractivity contribution < 1.29 is 9.53 Å². The van der Waals surface area contributed by atoms with Crippen LogP contribution in [0.1, 0.15) is 51.4 Å². The van der Waals surface area contributed by atoms with Crippen LogP contribution in [-0.4, -0.2) is 30.2 Å². The van der Waals surface area contributed by atoms with Gasteiger partial charge in [0.1, 0.15) is 0 Å². The maximum Gasteiger partial charge on any atom is 0.223 e. The van der Waals surface area contributed by atoms with E-state index in [4.69, 9.17) is 22.7 Å². The third-order valence-electron chi connectivity index (χ3n) is 3.59. The number of ether oxygens (including phenoxy) is 1. The van der Waals surface area contributed by atoms with Gasteiger partial charge in [-0.25, -0.2) is 0 Å². The lowest BCUT2D eigenvalue weighted by molar-refractivity contribution is -0.123. The first-order chi connectivity index (χ1) is 8.60. The molecule has 0 aliphatic heterocycles. The van der Waals surface area contributed by atoms with Crippen molar-refractivity contribution in [3.63, 3.8) is 0 Å². The fourth-order valence-corrected chi connectivity index (χ4v) is 2.72. The Morgan fingerprint density at radius 1 is 1.28 bits per heavy atom. The molecule has 0 heterocycles. The molecule has 0 radical (unpaired) electrons. The van der Waals surface area contributed by atoms with E-state index in [1.165, 1.54) is 19.3 Å². The van der Waals surface area contributed by atoms with E-state index in [0.29, 0.717) is 18.0 Å². The third-order valence-corrected chi connectivity index (χ3v) is 3.98. The van der Waals surface area contributed by atoms with Gasteiger partial charge in [-0.05, 0) is 12.8 Å². The van der Waals surface area contributed by atoms with Crippen LogP contribution in [0.5, 0.6) is 0 Å². The zero-order valence-electron chi connectivity index (χ0n) is 11.2. The van der Waals surface area contributed by atoms with Crippen molar-refractivity contribution in [2.45, 2.75) is 56.9 Å². The van der Waals surface area contributed by atoms with Gasteiger partial charge in [0.15, 0.2) is 0 Å². The number of hydrogen-bond donors (Lipinski definition) is 2. The Hall–Kier alpha value is -0.680. The van der Waals surface area contributed by atoms with Gasteiger partial charge in [-0.2, -0.15) is 0 Å². The Labute approximate surface area is 115 Å². The second-order valence-corrected chi connectivity index (χ2v) is 5.44. The van der Waals surface area contributed by atoms with Gasteiger partial charge in [0.05, 0.1) is 17.1 Å². The van der Waals surface area contributed by atoms with Crippen LogP contribution < -0.4 is 11.1 Å². The minimum absolute atomic E-state index is 0.0229. The quantitative estimate of drug-likeness (QED) is 0.750. The molecule has 1 rings (SSSR count). The molecule has 0 saturated heterocycles. The lowest BCUT2D eigenvalue weighted by Gasteiger charge is -2.35. The Balaban J connectivity index is 2.65. The first kappa shape index (κ1) is 15.4. The second-order valence-electron chi connectivity index (χ2n) is 5.01. The number of nitrogens with two attached hydrogens (primary N) is 1. The minimum Gasteiger partial charge on any atom is -0.391 e. The number of thiocarbonyl (C=S) groups is 1. The molecule has 5 heteroatoms. The summed E-state index contributed by atoms with van der Waals surface area (Å²) in [6, 6.07) is 0. The van der Waals surface area contributed by atoms with E-state index in [9.17, 15) is 4.79 Å². The number of amides is 1. The Morgan fingerprint density at radius 2 is 1.83 bits per heavy atom. The average Bonchev–Trinajstić information content (AvgIpc) is 2.29. The molecule has 1 fully saturated rings.